The van der Waals surface area contributed by atoms with E-state index < -0.39 is 0 Å². The maximum atomic E-state index is 4.06. The van der Waals surface area contributed by atoms with Crippen molar-refractivity contribution in [2.75, 3.05) is 39.8 Å². The largest absolute Gasteiger partial charge is 0.304 e. The van der Waals surface area contributed by atoms with Crippen LogP contribution in [-0.2, 0) is 0 Å². The van der Waals surface area contributed by atoms with Gasteiger partial charge in [-0.3, -0.25) is 0 Å². The first-order chi connectivity index (χ1) is 7.61. The molecule has 0 saturated carbocycles. The number of nitrogens with zero attached hydrogens (tertiary/aromatic N) is 2. The minimum Gasteiger partial charge on any atom is -0.304 e. The summed E-state index contributed by atoms with van der Waals surface area (Å²) < 4.78 is 0. The number of rotatable bonds is 6. The Labute approximate surface area is 101 Å². The molecule has 0 N–H and O–H groups in total. The van der Waals surface area contributed by atoms with Crippen molar-refractivity contribution in [3.63, 3.8) is 0 Å². The molecule has 1 aliphatic rings. The molecule has 0 aromatic heterocycles. The lowest BCUT2D eigenvalue weighted by Gasteiger charge is -2.34. The molecule has 94 valence electrons. The highest BCUT2D eigenvalue weighted by Gasteiger charge is 2.17. The Balaban J connectivity index is 2.32. The van der Waals surface area contributed by atoms with E-state index in [-0.39, 0.29) is 0 Å². The van der Waals surface area contributed by atoms with Crippen molar-refractivity contribution < 1.29 is 0 Å². The van der Waals surface area contributed by atoms with Gasteiger partial charge in [0, 0.05) is 32.7 Å². The summed E-state index contributed by atoms with van der Waals surface area (Å²) in [4.78, 5) is 5.05. The highest BCUT2D eigenvalue weighted by Crippen LogP contribution is 2.18. The highest BCUT2D eigenvalue weighted by molar-refractivity contribution is 4.91. The first kappa shape index (κ1) is 13.7. The lowest BCUT2D eigenvalue weighted by Crippen LogP contribution is -2.46. The summed E-state index contributed by atoms with van der Waals surface area (Å²) in [5, 5.41) is 0. The average Bonchev–Trinajstić information content (AvgIpc) is 2.21. The van der Waals surface area contributed by atoms with Gasteiger partial charge in [0.1, 0.15) is 0 Å². The van der Waals surface area contributed by atoms with Crippen molar-refractivity contribution in [2.45, 2.75) is 33.1 Å². The molecule has 0 aromatic carbocycles. The van der Waals surface area contributed by atoms with E-state index in [1.54, 1.807) is 0 Å². The molecule has 0 radical (unpaired) electrons. The zero-order valence-corrected chi connectivity index (χ0v) is 11.3. The number of likely N-dealkylation sites (N-methyl/N-ethyl adjacent to an activating group) is 1. The number of allylic oxidation sites excluding steroid dienone is 1. The predicted octanol–water partition coefficient (Wildman–Crippen LogP) is 2.62. The molecular formula is C14H28N2. The van der Waals surface area contributed by atoms with Crippen molar-refractivity contribution >= 4 is 0 Å². The standard InChI is InChI=1S/C14H28N2/c1-5-6-14(11-13(2)3)12-16-9-7-15(4)8-10-16/h14H,2,5-12H2,1,3-4H3. The topological polar surface area (TPSA) is 6.48 Å². The Morgan fingerprint density at radius 2 is 1.88 bits per heavy atom. The quantitative estimate of drug-likeness (QED) is 0.640. The van der Waals surface area contributed by atoms with Gasteiger partial charge >= 0.3 is 0 Å². The van der Waals surface area contributed by atoms with Gasteiger partial charge in [0.15, 0.2) is 0 Å². The van der Waals surface area contributed by atoms with Crippen molar-refractivity contribution in [1.29, 1.82) is 0 Å². The monoisotopic (exact) mass is 224 g/mol. The molecule has 1 atom stereocenters. The van der Waals surface area contributed by atoms with Crippen LogP contribution >= 0.6 is 0 Å². The number of hydrogen-bond donors (Lipinski definition) is 0. The second-order valence-electron chi connectivity index (χ2n) is 5.42. The second kappa shape index (κ2) is 7.08. The molecule has 0 amide bonds. The fraction of sp³-hybridized carbons (Fsp3) is 0.857. The minimum atomic E-state index is 0.825. The van der Waals surface area contributed by atoms with E-state index in [9.17, 15) is 0 Å². The molecule has 1 saturated heterocycles. The third kappa shape index (κ3) is 5.13. The van der Waals surface area contributed by atoms with Crippen LogP contribution in [0.2, 0.25) is 0 Å². The molecule has 0 spiro atoms. The average molecular weight is 224 g/mol. The molecule has 1 unspecified atom stereocenters. The Bertz CT molecular complexity index is 205. The van der Waals surface area contributed by atoms with Gasteiger partial charge in [-0.1, -0.05) is 18.9 Å². The SMILES string of the molecule is C=C(C)CC(CCC)CN1CCN(C)CC1. The van der Waals surface area contributed by atoms with E-state index >= 15 is 0 Å². The molecule has 2 heteroatoms. The lowest BCUT2D eigenvalue weighted by atomic mass is 9.95. The van der Waals surface area contributed by atoms with Crippen molar-refractivity contribution in [2.24, 2.45) is 5.92 Å². The van der Waals surface area contributed by atoms with E-state index in [0.717, 1.165) is 5.92 Å². The molecule has 1 fully saturated rings. The lowest BCUT2D eigenvalue weighted by molar-refractivity contribution is 0.133. The van der Waals surface area contributed by atoms with Gasteiger partial charge in [-0.25, -0.2) is 0 Å². The molecule has 0 bridgehead atoms. The van der Waals surface area contributed by atoms with Gasteiger partial charge < -0.3 is 9.80 Å². The van der Waals surface area contributed by atoms with Crippen LogP contribution in [0, 0.1) is 5.92 Å². The summed E-state index contributed by atoms with van der Waals surface area (Å²) in [6, 6.07) is 0. The van der Waals surface area contributed by atoms with Gasteiger partial charge in [0.05, 0.1) is 0 Å². The maximum absolute atomic E-state index is 4.06. The van der Waals surface area contributed by atoms with Crippen LogP contribution in [0.3, 0.4) is 0 Å². The zero-order chi connectivity index (χ0) is 12.0. The molecule has 2 nitrogen and oxygen atoms in total. The third-order valence-electron chi connectivity index (χ3n) is 3.45. The van der Waals surface area contributed by atoms with Gasteiger partial charge in [0.2, 0.25) is 0 Å². The highest BCUT2D eigenvalue weighted by atomic mass is 15.2. The summed E-state index contributed by atoms with van der Waals surface area (Å²) in [6.07, 6.45) is 3.85. The minimum absolute atomic E-state index is 0.825. The van der Waals surface area contributed by atoms with Crippen LogP contribution in [0.5, 0.6) is 0 Å². The smallest absolute Gasteiger partial charge is 0.0110 e. The fourth-order valence-corrected chi connectivity index (χ4v) is 2.55. The van der Waals surface area contributed by atoms with Crippen molar-refractivity contribution in [3.8, 4) is 0 Å². The molecule has 0 aromatic rings. The van der Waals surface area contributed by atoms with Crippen LogP contribution in [0.1, 0.15) is 33.1 Å². The molecule has 0 aliphatic carbocycles. The van der Waals surface area contributed by atoms with Crippen molar-refractivity contribution in [3.05, 3.63) is 12.2 Å². The molecule has 1 rings (SSSR count). The maximum Gasteiger partial charge on any atom is 0.0110 e. The zero-order valence-electron chi connectivity index (χ0n) is 11.3. The third-order valence-corrected chi connectivity index (χ3v) is 3.45. The van der Waals surface area contributed by atoms with Gasteiger partial charge in [0.25, 0.3) is 0 Å². The first-order valence-electron chi connectivity index (χ1n) is 6.67. The van der Waals surface area contributed by atoms with E-state index in [0.29, 0.717) is 0 Å². The van der Waals surface area contributed by atoms with E-state index in [1.807, 2.05) is 0 Å². The summed E-state index contributed by atoms with van der Waals surface area (Å²) in [6.45, 7) is 14.7. The van der Waals surface area contributed by atoms with Crippen LogP contribution in [0.4, 0.5) is 0 Å². The molecular weight excluding hydrogens is 196 g/mol. The predicted molar refractivity (Wildman–Crippen MR) is 71.8 cm³/mol. The van der Waals surface area contributed by atoms with Crippen molar-refractivity contribution in [1.82, 2.24) is 9.80 Å². The van der Waals surface area contributed by atoms with Gasteiger partial charge in [-0.05, 0) is 32.7 Å². The molecule has 16 heavy (non-hydrogen) atoms. The van der Waals surface area contributed by atoms with Crippen LogP contribution in [0.25, 0.3) is 0 Å². The Hall–Kier alpha value is -0.340. The summed E-state index contributed by atoms with van der Waals surface area (Å²) in [7, 11) is 2.22. The Kier molecular flexibility index (Phi) is 6.07. The van der Waals surface area contributed by atoms with Gasteiger partial charge in [-0.15, -0.1) is 6.58 Å². The summed E-state index contributed by atoms with van der Waals surface area (Å²) in [5.41, 5.74) is 1.34. The van der Waals surface area contributed by atoms with Crippen LogP contribution in [-0.4, -0.2) is 49.6 Å². The van der Waals surface area contributed by atoms with E-state index in [2.05, 4.69) is 37.3 Å². The fourth-order valence-electron chi connectivity index (χ4n) is 2.55. The second-order valence-corrected chi connectivity index (χ2v) is 5.42. The number of piperazine rings is 1. The first-order valence-corrected chi connectivity index (χ1v) is 6.67. The molecule has 1 heterocycles. The van der Waals surface area contributed by atoms with Gasteiger partial charge in [-0.2, -0.15) is 0 Å². The van der Waals surface area contributed by atoms with E-state index in [1.165, 1.54) is 57.6 Å². The summed E-state index contributed by atoms with van der Waals surface area (Å²) >= 11 is 0. The Morgan fingerprint density at radius 1 is 1.25 bits per heavy atom. The number of hydrogen-bond acceptors (Lipinski definition) is 2. The summed E-state index contributed by atoms with van der Waals surface area (Å²) in [5.74, 6) is 0.825. The molecule has 1 aliphatic heterocycles. The van der Waals surface area contributed by atoms with Crippen LogP contribution < -0.4 is 0 Å². The van der Waals surface area contributed by atoms with E-state index in [4.69, 9.17) is 0 Å². The van der Waals surface area contributed by atoms with Crippen LogP contribution in [0.15, 0.2) is 12.2 Å². The normalized spacial score (nSPS) is 20.9. The Morgan fingerprint density at radius 3 is 2.38 bits per heavy atom.